The summed E-state index contributed by atoms with van der Waals surface area (Å²) in [5.74, 6) is 0.0213. The zero-order chi connectivity index (χ0) is 17.0. The average Bonchev–Trinajstić information content (AvgIpc) is 2.83. The molecule has 0 N–H and O–H groups in total. The van der Waals surface area contributed by atoms with E-state index in [2.05, 4.69) is 0 Å². The van der Waals surface area contributed by atoms with Crippen molar-refractivity contribution < 1.29 is 27.5 Å². The second kappa shape index (κ2) is 7.12. The smallest absolute Gasteiger partial charge is 0.306 e. The van der Waals surface area contributed by atoms with Crippen molar-refractivity contribution in [3.63, 3.8) is 0 Å². The van der Waals surface area contributed by atoms with Crippen LogP contribution in [0.1, 0.15) is 35.7 Å². The van der Waals surface area contributed by atoms with Crippen molar-refractivity contribution in [3.05, 3.63) is 29.3 Å². The number of carbonyl (C=O) groups is 2. The van der Waals surface area contributed by atoms with Crippen molar-refractivity contribution in [2.24, 2.45) is 5.92 Å². The Morgan fingerprint density at radius 1 is 1.30 bits per heavy atom. The number of rotatable bonds is 6. The molecule has 6 nitrogen and oxygen atoms in total. The van der Waals surface area contributed by atoms with Crippen LogP contribution in [0.5, 0.6) is 5.75 Å². The first-order chi connectivity index (χ1) is 10.8. The molecular weight excluding hydrogens is 320 g/mol. The lowest BCUT2D eigenvalue weighted by molar-refractivity contribution is -0.145. The van der Waals surface area contributed by atoms with Gasteiger partial charge in [-0.3, -0.25) is 9.59 Å². The largest absolute Gasteiger partial charge is 0.496 e. The Hall–Kier alpha value is -1.89. The molecule has 7 heteroatoms. The SMILES string of the molecule is COc1ccc(C(C)=O)cc1COC(=O)C[C@@H]1CCS(=O)(=O)C1. The molecule has 1 atom stereocenters. The van der Waals surface area contributed by atoms with E-state index in [1.165, 1.54) is 14.0 Å². The van der Waals surface area contributed by atoms with Gasteiger partial charge in [-0.1, -0.05) is 0 Å². The number of hydrogen-bond acceptors (Lipinski definition) is 6. The van der Waals surface area contributed by atoms with Crippen LogP contribution in [0.3, 0.4) is 0 Å². The summed E-state index contributed by atoms with van der Waals surface area (Å²) in [5.41, 5.74) is 1.12. The number of hydrogen-bond donors (Lipinski definition) is 0. The lowest BCUT2D eigenvalue weighted by Gasteiger charge is -2.12. The number of sulfone groups is 1. The molecule has 0 bridgehead atoms. The highest BCUT2D eigenvalue weighted by Crippen LogP contribution is 2.24. The molecule has 1 fully saturated rings. The molecule has 0 unspecified atom stereocenters. The van der Waals surface area contributed by atoms with Gasteiger partial charge in [0, 0.05) is 17.5 Å². The third kappa shape index (κ3) is 4.79. The zero-order valence-corrected chi connectivity index (χ0v) is 14.0. The van der Waals surface area contributed by atoms with Gasteiger partial charge in [-0.2, -0.15) is 0 Å². The van der Waals surface area contributed by atoms with Crippen LogP contribution < -0.4 is 4.74 Å². The normalized spacial score (nSPS) is 19.3. The van der Waals surface area contributed by atoms with Crippen LogP contribution in [-0.4, -0.2) is 38.8 Å². The lowest BCUT2D eigenvalue weighted by Crippen LogP contribution is -2.13. The summed E-state index contributed by atoms with van der Waals surface area (Å²) in [6.07, 6.45) is 0.592. The molecule has 0 radical (unpaired) electrons. The first kappa shape index (κ1) is 17.5. The van der Waals surface area contributed by atoms with Crippen LogP contribution in [0.25, 0.3) is 0 Å². The molecule has 23 heavy (non-hydrogen) atoms. The molecule has 0 amide bonds. The molecule has 2 rings (SSSR count). The maximum Gasteiger partial charge on any atom is 0.306 e. The van der Waals surface area contributed by atoms with Gasteiger partial charge in [0.1, 0.15) is 12.4 Å². The van der Waals surface area contributed by atoms with Gasteiger partial charge < -0.3 is 9.47 Å². The van der Waals surface area contributed by atoms with Gasteiger partial charge in [-0.05, 0) is 37.5 Å². The van der Waals surface area contributed by atoms with Crippen LogP contribution in [-0.2, 0) is 26.0 Å². The van der Waals surface area contributed by atoms with E-state index in [1.54, 1.807) is 18.2 Å². The molecule has 1 aromatic carbocycles. The average molecular weight is 340 g/mol. The standard InChI is InChI=1S/C16H20O6S/c1-11(17)13-3-4-15(21-2)14(8-13)9-22-16(18)7-12-5-6-23(19,20)10-12/h3-4,8,12H,5-7,9-10H2,1-2H3/t12-/m0/s1. The number of methoxy groups -OCH3 is 1. The molecular formula is C16H20O6S. The van der Waals surface area contributed by atoms with Crippen LogP contribution >= 0.6 is 0 Å². The highest BCUT2D eigenvalue weighted by molar-refractivity contribution is 7.91. The van der Waals surface area contributed by atoms with E-state index in [9.17, 15) is 18.0 Å². The summed E-state index contributed by atoms with van der Waals surface area (Å²) < 4.78 is 33.2. The molecule has 1 heterocycles. The van der Waals surface area contributed by atoms with Crippen molar-refractivity contribution in [1.82, 2.24) is 0 Å². The molecule has 0 saturated carbocycles. The molecule has 0 aromatic heterocycles. The molecule has 0 aliphatic carbocycles. The minimum absolute atomic E-state index is 0.0113. The van der Waals surface area contributed by atoms with E-state index >= 15 is 0 Å². The first-order valence-corrected chi connectivity index (χ1v) is 9.17. The molecule has 1 aliphatic heterocycles. The maximum absolute atomic E-state index is 11.9. The number of esters is 1. The third-order valence-electron chi connectivity index (χ3n) is 3.86. The third-order valence-corrected chi connectivity index (χ3v) is 5.69. The van der Waals surface area contributed by atoms with Gasteiger partial charge >= 0.3 is 5.97 Å². The van der Waals surface area contributed by atoms with E-state index in [1.807, 2.05) is 0 Å². The van der Waals surface area contributed by atoms with Gasteiger partial charge in [-0.25, -0.2) is 8.42 Å². The van der Waals surface area contributed by atoms with E-state index in [0.717, 1.165) is 0 Å². The first-order valence-electron chi connectivity index (χ1n) is 7.34. The van der Waals surface area contributed by atoms with Gasteiger partial charge in [0.25, 0.3) is 0 Å². The zero-order valence-electron chi connectivity index (χ0n) is 13.2. The monoisotopic (exact) mass is 340 g/mol. The predicted octanol–water partition coefficient (Wildman–Crippen LogP) is 1.77. The number of carbonyl (C=O) groups excluding carboxylic acids is 2. The second-order valence-corrected chi connectivity index (χ2v) is 7.95. The summed E-state index contributed by atoms with van der Waals surface area (Å²) >= 11 is 0. The Morgan fingerprint density at radius 3 is 2.61 bits per heavy atom. The number of ketones is 1. The van der Waals surface area contributed by atoms with E-state index < -0.39 is 15.8 Å². The Morgan fingerprint density at radius 2 is 2.04 bits per heavy atom. The number of ether oxygens (including phenoxy) is 2. The summed E-state index contributed by atoms with van der Waals surface area (Å²) in [6, 6.07) is 4.94. The van der Waals surface area contributed by atoms with E-state index in [4.69, 9.17) is 9.47 Å². The van der Waals surface area contributed by atoms with Gasteiger partial charge in [-0.15, -0.1) is 0 Å². The van der Waals surface area contributed by atoms with Gasteiger partial charge in [0.05, 0.1) is 18.6 Å². The van der Waals surface area contributed by atoms with Crippen LogP contribution in [0, 0.1) is 5.92 Å². The van der Waals surface area contributed by atoms with E-state index in [-0.39, 0.29) is 36.2 Å². The van der Waals surface area contributed by atoms with Crippen LogP contribution in [0.4, 0.5) is 0 Å². The van der Waals surface area contributed by atoms with Crippen molar-refractivity contribution in [2.45, 2.75) is 26.4 Å². The minimum Gasteiger partial charge on any atom is -0.496 e. The van der Waals surface area contributed by atoms with Gasteiger partial charge in [0.15, 0.2) is 15.6 Å². The summed E-state index contributed by atoms with van der Waals surface area (Å²) in [5, 5.41) is 0. The van der Waals surface area contributed by atoms with Crippen molar-refractivity contribution in [3.8, 4) is 5.75 Å². The summed E-state index contributed by atoms with van der Waals surface area (Å²) in [4.78, 5) is 23.3. The molecule has 1 saturated heterocycles. The maximum atomic E-state index is 11.9. The lowest BCUT2D eigenvalue weighted by atomic mass is 10.1. The second-order valence-electron chi connectivity index (χ2n) is 5.72. The van der Waals surface area contributed by atoms with Crippen LogP contribution in [0.15, 0.2) is 18.2 Å². The number of Topliss-reactive ketones (excluding diaryl/α,β-unsaturated/α-hetero) is 1. The summed E-state index contributed by atoms with van der Waals surface area (Å²) in [6.45, 7) is 1.45. The minimum atomic E-state index is -3.00. The highest BCUT2D eigenvalue weighted by atomic mass is 32.2. The fourth-order valence-corrected chi connectivity index (χ4v) is 4.46. The Balaban J connectivity index is 1.96. The van der Waals surface area contributed by atoms with Crippen molar-refractivity contribution in [1.29, 1.82) is 0 Å². The topological polar surface area (TPSA) is 86.7 Å². The highest BCUT2D eigenvalue weighted by Gasteiger charge is 2.29. The molecule has 0 spiro atoms. The summed E-state index contributed by atoms with van der Waals surface area (Å²) in [7, 11) is -1.50. The molecule has 1 aliphatic rings. The molecule has 126 valence electrons. The fraction of sp³-hybridized carbons (Fsp3) is 0.500. The predicted molar refractivity (Wildman–Crippen MR) is 84.2 cm³/mol. The number of benzene rings is 1. The molecule has 1 aromatic rings. The Bertz CT molecular complexity index is 707. The quantitative estimate of drug-likeness (QED) is 0.579. The Labute approximate surface area is 135 Å². The Kier molecular flexibility index (Phi) is 5.41. The van der Waals surface area contributed by atoms with Crippen molar-refractivity contribution >= 4 is 21.6 Å². The fourth-order valence-electron chi connectivity index (χ4n) is 2.60. The van der Waals surface area contributed by atoms with Crippen molar-refractivity contribution in [2.75, 3.05) is 18.6 Å². The van der Waals surface area contributed by atoms with Gasteiger partial charge in [0.2, 0.25) is 0 Å². The van der Waals surface area contributed by atoms with E-state index in [0.29, 0.717) is 23.3 Å². The van der Waals surface area contributed by atoms with Crippen LogP contribution in [0.2, 0.25) is 0 Å².